The minimum Gasteiger partial charge on any atom is -0.368 e. The summed E-state index contributed by atoms with van der Waals surface area (Å²) in [5, 5.41) is 0. The van der Waals surface area contributed by atoms with Crippen molar-refractivity contribution in [1.29, 1.82) is 0 Å². The normalized spacial score (nSPS) is 12.2. The van der Waals surface area contributed by atoms with Crippen LogP contribution >= 0.6 is 0 Å². The highest BCUT2D eigenvalue weighted by Crippen LogP contribution is 2.17. The van der Waals surface area contributed by atoms with Gasteiger partial charge in [-0.1, -0.05) is 0 Å². The zero-order chi connectivity index (χ0) is 11.4. The van der Waals surface area contributed by atoms with Crippen LogP contribution < -0.4 is 10.6 Å². The number of primary amides is 1. The van der Waals surface area contributed by atoms with Gasteiger partial charge in [0.2, 0.25) is 5.91 Å². The van der Waals surface area contributed by atoms with Crippen molar-refractivity contribution in [1.82, 2.24) is 0 Å². The van der Waals surface area contributed by atoms with E-state index in [-0.39, 0.29) is 17.8 Å². The third-order valence-electron chi connectivity index (χ3n) is 2.38. The molecule has 3 nitrogen and oxygen atoms in total. The molecule has 1 aromatic rings. The maximum Gasteiger partial charge on any atom is 0.239 e. The van der Waals surface area contributed by atoms with Gasteiger partial charge in [0, 0.05) is 12.2 Å². The molecule has 0 fully saturated rings. The van der Waals surface area contributed by atoms with E-state index in [1.807, 2.05) is 11.8 Å². The number of anilines is 1. The summed E-state index contributed by atoms with van der Waals surface area (Å²) >= 11 is 0. The van der Waals surface area contributed by atoms with Gasteiger partial charge in [0.05, 0.1) is 0 Å². The molecule has 0 aromatic heterocycles. The van der Waals surface area contributed by atoms with Crippen LogP contribution in [0.2, 0.25) is 0 Å². The van der Waals surface area contributed by atoms with E-state index in [9.17, 15) is 9.18 Å². The Hall–Kier alpha value is -1.58. The third kappa shape index (κ3) is 2.68. The van der Waals surface area contributed by atoms with Crippen LogP contribution in [0.4, 0.5) is 10.1 Å². The zero-order valence-corrected chi connectivity index (χ0v) is 8.90. The van der Waals surface area contributed by atoms with Gasteiger partial charge in [0.25, 0.3) is 0 Å². The van der Waals surface area contributed by atoms with Crippen LogP contribution in [0.5, 0.6) is 0 Å². The highest BCUT2D eigenvalue weighted by Gasteiger charge is 2.17. The number of nitrogens with two attached hydrogens (primary N) is 1. The Labute approximate surface area is 88.7 Å². The van der Waals surface area contributed by atoms with Gasteiger partial charge in [-0.2, -0.15) is 0 Å². The molecule has 1 rings (SSSR count). The standard InChI is InChI=1S/C11H15FN2O/c1-3-14(8(2)11(13)15)10-6-4-9(12)5-7-10/h4-8H,3H2,1-2H3,(H2,13,15). The predicted octanol–water partition coefficient (Wildman–Crippen LogP) is 1.53. The van der Waals surface area contributed by atoms with E-state index < -0.39 is 0 Å². The second-order valence-electron chi connectivity index (χ2n) is 3.34. The molecule has 82 valence electrons. The first-order valence-electron chi connectivity index (χ1n) is 4.87. The summed E-state index contributed by atoms with van der Waals surface area (Å²) < 4.78 is 12.7. The van der Waals surface area contributed by atoms with Gasteiger partial charge in [-0.25, -0.2) is 4.39 Å². The molecule has 0 aliphatic heterocycles. The van der Waals surface area contributed by atoms with Gasteiger partial charge in [0.1, 0.15) is 11.9 Å². The molecule has 1 unspecified atom stereocenters. The van der Waals surface area contributed by atoms with Crippen LogP contribution in [0.15, 0.2) is 24.3 Å². The van der Waals surface area contributed by atoms with Crippen molar-refractivity contribution >= 4 is 11.6 Å². The van der Waals surface area contributed by atoms with E-state index in [0.717, 1.165) is 5.69 Å². The Balaban J connectivity index is 2.92. The van der Waals surface area contributed by atoms with Gasteiger partial charge in [-0.15, -0.1) is 0 Å². The number of hydrogen-bond acceptors (Lipinski definition) is 2. The number of nitrogens with zero attached hydrogens (tertiary/aromatic N) is 1. The topological polar surface area (TPSA) is 46.3 Å². The molecule has 2 N–H and O–H groups in total. The highest BCUT2D eigenvalue weighted by atomic mass is 19.1. The Morgan fingerprint density at radius 3 is 2.40 bits per heavy atom. The lowest BCUT2D eigenvalue weighted by molar-refractivity contribution is -0.118. The lowest BCUT2D eigenvalue weighted by Gasteiger charge is -2.27. The maximum atomic E-state index is 12.7. The Bertz CT molecular complexity index is 337. The number of carbonyl (C=O) groups excluding carboxylic acids is 1. The fourth-order valence-corrected chi connectivity index (χ4v) is 1.47. The molecule has 0 aliphatic rings. The van der Waals surface area contributed by atoms with Crippen LogP contribution in [0.1, 0.15) is 13.8 Å². The summed E-state index contributed by atoms with van der Waals surface area (Å²) in [5.74, 6) is -0.678. The molecule has 0 heterocycles. The minimum absolute atomic E-state index is 0.290. The van der Waals surface area contributed by atoms with Crippen LogP contribution in [0.3, 0.4) is 0 Å². The Morgan fingerprint density at radius 2 is 2.00 bits per heavy atom. The van der Waals surface area contributed by atoms with Crippen molar-refractivity contribution in [2.24, 2.45) is 5.73 Å². The summed E-state index contributed by atoms with van der Waals surface area (Å²) in [6, 6.07) is 5.62. The van der Waals surface area contributed by atoms with E-state index in [4.69, 9.17) is 5.73 Å². The molecule has 0 saturated carbocycles. The maximum absolute atomic E-state index is 12.7. The van der Waals surface area contributed by atoms with Gasteiger partial charge in [-0.3, -0.25) is 4.79 Å². The molecule has 0 aliphatic carbocycles. The zero-order valence-electron chi connectivity index (χ0n) is 8.90. The molecule has 0 saturated heterocycles. The number of amides is 1. The van der Waals surface area contributed by atoms with Crippen molar-refractivity contribution in [2.75, 3.05) is 11.4 Å². The average Bonchev–Trinajstić information content (AvgIpc) is 2.21. The quantitative estimate of drug-likeness (QED) is 0.819. The molecule has 0 radical (unpaired) electrons. The molecule has 15 heavy (non-hydrogen) atoms. The molecule has 4 heteroatoms. The Morgan fingerprint density at radius 1 is 1.47 bits per heavy atom. The van der Waals surface area contributed by atoms with Gasteiger partial charge in [0.15, 0.2) is 0 Å². The molecule has 1 aromatic carbocycles. The van der Waals surface area contributed by atoms with E-state index >= 15 is 0 Å². The van der Waals surface area contributed by atoms with E-state index in [1.165, 1.54) is 12.1 Å². The van der Waals surface area contributed by atoms with Crippen LogP contribution in [0.25, 0.3) is 0 Å². The van der Waals surface area contributed by atoms with E-state index in [0.29, 0.717) is 6.54 Å². The molecule has 1 amide bonds. The Kier molecular flexibility index (Phi) is 3.66. The third-order valence-corrected chi connectivity index (χ3v) is 2.38. The van der Waals surface area contributed by atoms with Crippen molar-refractivity contribution in [3.05, 3.63) is 30.1 Å². The highest BCUT2D eigenvalue weighted by molar-refractivity contribution is 5.83. The van der Waals surface area contributed by atoms with Crippen LogP contribution in [-0.2, 0) is 4.79 Å². The average molecular weight is 210 g/mol. The predicted molar refractivity (Wildman–Crippen MR) is 58.1 cm³/mol. The fraction of sp³-hybridized carbons (Fsp3) is 0.364. The SMILES string of the molecule is CCN(c1ccc(F)cc1)C(C)C(N)=O. The first-order valence-corrected chi connectivity index (χ1v) is 4.87. The number of hydrogen-bond donors (Lipinski definition) is 1. The number of likely N-dealkylation sites (N-methyl/N-ethyl adjacent to an activating group) is 1. The number of rotatable bonds is 4. The second kappa shape index (κ2) is 4.77. The van der Waals surface area contributed by atoms with Crippen molar-refractivity contribution < 1.29 is 9.18 Å². The summed E-state index contributed by atoms with van der Waals surface area (Å²) in [4.78, 5) is 12.9. The molecular formula is C11H15FN2O. The summed E-state index contributed by atoms with van der Waals surface area (Å²) in [6.45, 7) is 4.30. The molecule has 1 atom stereocenters. The van der Waals surface area contributed by atoms with E-state index in [2.05, 4.69) is 0 Å². The van der Waals surface area contributed by atoms with Gasteiger partial charge < -0.3 is 10.6 Å². The summed E-state index contributed by atoms with van der Waals surface area (Å²) in [7, 11) is 0. The summed E-state index contributed by atoms with van der Waals surface area (Å²) in [5.41, 5.74) is 6.02. The first kappa shape index (κ1) is 11.5. The van der Waals surface area contributed by atoms with Crippen molar-refractivity contribution in [3.8, 4) is 0 Å². The van der Waals surface area contributed by atoms with Crippen molar-refractivity contribution in [3.63, 3.8) is 0 Å². The van der Waals surface area contributed by atoms with Crippen molar-refractivity contribution in [2.45, 2.75) is 19.9 Å². The lowest BCUT2D eigenvalue weighted by Crippen LogP contribution is -2.42. The molecule has 0 bridgehead atoms. The van der Waals surface area contributed by atoms with Crippen LogP contribution in [-0.4, -0.2) is 18.5 Å². The number of carbonyl (C=O) groups is 1. The largest absolute Gasteiger partial charge is 0.368 e. The number of benzene rings is 1. The first-order chi connectivity index (χ1) is 7.06. The molecular weight excluding hydrogens is 195 g/mol. The van der Waals surface area contributed by atoms with Gasteiger partial charge >= 0.3 is 0 Å². The smallest absolute Gasteiger partial charge is 0.239 e. The lowest BCUT2D eigenvalue weighted by atomic mass is 10.2. The fourth-order valence-electron chi connectivity index (χ4n) is 1.47. The summed E-state index contributed by atoms with van der Waals surface area (Å²) in [6.07, 6.45) is 0. The second-order valence-corrected chi connectivity index (χ2v) is 3.34. The minimum atomic E-state index is -0.388. The van der Waals surface area contributed by atoms with E-state index in [1.54, 1.807) is 19.1 Å². The monoisotopic (exact) mass is 210 g/mol. The number of halogens is 1. The van der Waals surface area contributed by atoms with Crippen LogP contribution in [0, 0.1) is 5.82 Å². The van der Waals surface area contributed by atoms with Gasteiger partial charge in [-0.05, 0) is 38.1 Å². The molecule has 0 spiro atoms.